The summed E-state index contributed by atoms with van der Waals surface area (Å²) >= 11 is 0. The number of benzene rings is 1. The van der Waals surface area contributed by atoms with Crippen molar-refractivity contribution in [1.29, 1.82) is 0 Å². The van der Waals surface area contributed by atoms with Gasteiger partial charge in [0.1, 0.15) is 11.6 Å². The van der Waals surface area contributed by atoms with Gasteiger partial charge in [-0.2, -0.15) is 0 Å². The standard InChI is InChI=1S/C16H18F2N2O2S/c1-16(2,3)23(21,22)15-7-5-13(10-20-15)19-9-11-8-12(17)4-6-14(11)18/h4-8,10,19H,9H2,1-3H3. The lowest BCUT2D eigenvalue weighted by atomic mass is 10.2. The lowest BCUT2D eigenvalue weighted by molar-refractivity contribution is 0.556. The predicted octanol–water partition coefficient (Wildman–Crippen LogP) is 3.54. The zero-order valence-corrected chi connectivity index (χ0v) is 13.9. The summed E-state index contributed by atoms with van der Waals surface area (Å²) in [5.74, 6) is -1.04. The molecule has 1 aromatic carbocycles. The van der Waals surface area contributed by atoms with Crippen LogP contribution < -0.4 is 5.32 Å². The highest BCUT2D eigenvalue weighted by Gasteiger charge is 2.31. The van der Waals surface area contributed by atoms with Crippen LogP contribution >= 0.6 is 0 Å². The maximum Gasteiger partial charge on any atom is 0.200 e. The Bertz CT molecular complexity index is 798. The molecule has 2 aromatic rings. The minimum atomic E-state index is -3.52. The first kappa shape index (κ1) is 17.3. The number of rotatable bonds is 4. The average molecular weight is 340 g/mol. The number of nitrogens with zero attached hydrogens (tertiary/aromatic N) is 1. The van der Waals surface area contributed by atoms with Gasteiger partial charge in [0.15, 0.2) is 14.9 Å². The normalized spacial score (nSPS) is 12.2. The Morgan fingerprint density at radius 3 is 2.39 bits per heavy atom. The molecular formula is C16H18F2N2O2S. The fraction of sp³-hybridized carbons (Fsp3) is 0.312. The molecule has 124 valence electrons. The third kappa shape index (κ3) is 3.85. The van der Waals surface area contributed by atoms with E-state index in [1.54, 1.807) is 26.8 Å². The third-order valence-corrected chi connectivity index (χ3v) is 5.71. The molecule has 0 fully saturated rings. The molecule has 2 rings (SSSR count). The summed E-state index contributed by atoms with van der Waals surface area (Å²) in [5, 5.41) is 2.86. The van der Waals surface area contributed by atoms with Gasteiger partial charge in [0.05, 0.1) is 16.6 Å². The van der Waals surface area contributed by atoms with Crippen molar-refractivity contribution in [2.24, 2.45) is 0 Å². The summed E-state index contributed by atoms with van der Waals surface area (Å²) < 4.78 is 50.2. The van der Waals surface area contributed by atoms with Crippen LogP contribution in [0.5, 0.6) is 0 Å². The van der Waals surface area contributed by atoms with Crippen LogP contribution in [0.3, 0.4) is 0 Å². The van der Waals surface area contributed by atoms with Crippen molar-refractivity contribution in [2.45, 2.75) is 37.1 Å². The molecule has 0 spiro atoms. The fourth-order valence-electron chi connectivity index (χ4n) is 1.83. The van der Waals surface area contributed by atoms with Crippen LogP contribution in [0, 0.1) is 11.6 Å². The molecule has 7 heteroatoms. The maximum absolute atomic E-state index is 13.5. The second-order valence-corrected chi connectivity index (χ2v) is 8.74. The molecule has 0 saturated heterocycles. The zero-order valence-electron chi connectivity index (χ0n) is 13.1. The molecule has 1 heterocycles. The summed E-state index contributed by atoms with van der Waals surface area (Å²) in [6, 6.07) is 6.15. The van der Waals surface area contributed by atoms with Crippen LogP contribution in [0.2, 0.25) is 0 Å². The lowest BCUT2D eigenvalue weighted by Crippen LogP contribution is -2.28. The van der Waals surface area contributed by atoms with E-state index in [0.717, 1.165) is 18.2 Å². The second-order valence-electron chi connectivity index (χ2n) is 6.09. The van der Waals surface area contributed by atoms with Gasteiger partial charge < -0.3 is 5.32 Å². The molecule has 0 aliphatic heterocycles. The molecule has 1 aromatic heterocycles. The van der Waals surface area contributed by atoms with Crippen molar-refractivity contribution in [3.8, 4) is 0 Å². The SMILES string of the molecule is CC(C)(C)S(=O)(=O)c1ccc(NCc2cc(F)ccc2F)cn1. The van der Waals surface area contributed by atoms with Gasteiger partial charge in [0.2, 0.25) is 0 Å². The molecule has 0 aliphatic carbocycles. The molecule has 0 radical (unpaired) electrons. The van der Waals surface area contributed by atoms with E-state index in [1.165, 1.54) is 12.3 Å². The lowest BCUT2D eigenvalue weighted by Gasteiger charge is -2.18. The number of halogens is 2. The van der Waals surface area contributed by atoms with E-state index in [0.29, 0.717) is 5.69 Å². The molecule has 0 unspecified atom stereocenters. The van der Waals surface area contributed by atoms with Gasteiger partial charge in [0.25, 0.3) is 0 Å². The summed E-state index contributed by atoms with van der Waals surface area (Å²) in [7, 11) is -3.52. The Morgan fingerprint density at radius 1 is 1.13 bits per heavy atom. The van der Waals surface area contributed by atoms with E-state index < -0.39 is 26.2 Å². The highest BCUT2D eigenvalue weighted by Crippen LogP contribution is 2.24. The predicted molar refractivity (Wildman–Crippen MR) is 84.9 cm³/mol. The van der Waals surface area contributed by atoms with Crippen LogP contribution in [0.25, 0.3) is 0 Å². The van der Waals surface area contributed by atoms with E-state index in [1.807, 2.05) is 0 Å². The van der Waals surface area contributed by atoms with Gasteiger partial charge in [-0.15, -0.1) is 0 Å². The van der Waals surface area contributed by atoms with Gasteiger partial charge in [0, 0.05) is 12.1 Å². The summed E-state index contributed by atoms with van der Waals surface area (Å²) in [5.41, 5.74) is 0.693. The van der Waals surface area contributed by atoms with Gasteiger partial charge in [-0.1, -0.05) is 0 Å². The number of aromatic nitrogens is 1. The van der Waals surface area contributed by atoms with E-state index in [2.05, 4.69) is 10.3 Å². The number of anilines is 1. The van der Waals surface area contributed by atoms with Crippen molar-refractivity contribution >= 4 is 15.5 Å². The minimum absolute atomic E-state index is 0.0208. The average Bonchev–Trinajstić information content (AvgIpc) is 2.47. The topological polar surface area (TPSA) is 59.1 Å². The summed E-state index contributed by atoms with van der Waals surface area (Å²) in [4.78, 5) is 3.95. The second kappa shape index (κ2) is 6.23. The van der Waals surface area contributed by atoms with Gasteiger partial charge in [-0.25, -0.2) is 22.2 Å². The molecule has 0 saturated carbocycles. The van der Waals surface area contributed by atoms with Crippen LogP contribution in [0.4, 0.5) is 14.5 Å². The molecule has 0 aliphatic rings. The molecular weight excluding hydrogens is 322 g/mol. The number of hydrogen-bond acceptors (Lipinski definition) is 4. The number of pyridine rings is 1. The Labute approximate surface area is 134 Å². The van der Waals surface area contributed by atoms with Crippen molar-refractivity contribution in [1.82, 2.24) is 4.98 Å². The molecule has 4 nitrogen and oxygen atoms in total. The van der Waals surface area contributed by atoms with Gasteiger partial charge >= 0.3 is 0 Å². The highest BCUT2D eigenvalue weighted by atomic mass is 32.2. The molecule has 0 atom stereocenters. The van der Waals surface area contributed by atoms with E-state index in [4.69, 9.17) is 0 Å². The molecule has 23 heavy (non-hydrogen) atoms. The smallest absolute Gasteiger partial charge is 0.200 e. The zero-order chi connectivity index (χ0) is 17.3. The van der Waals surface area contributed by atoms with Crippen molar-refractivity contribution in [3.63, 3.8) is 0 Å². The first-order valence-corrected chi connectivity index (χ1v) is 8.48. The van der Waals surface area contributed by atoms with Gasteiger partial charge in [-0.3, -0.25) is 0 Å². The molecule has 0 bridgehead atoms. The van der Waals surface area contributed by atoms with Crippen LogP contribution in [-0.2, 0) is 16.4 Å². The Kier molecular flexibility index (Phi) is 4.70. The molecule has 1 N–H and O–H groups in total. The van der Waals surface area contributed by atoms with Gasteiger partial charge in [-0.05, 0) is 51.1 Å². The van der Waals surface area contributed by atoms with Crippen molar-refractivity contribution in [3.05, 3.63) is 53.7 Å². The van der Waals surface area contributed by atoms with Crippen molar-refractivity contribution in [2.75, 3.05) is 5.32 Å². The highest BCUT2D eigenvalue weighted by molar-refractivity contribution is 7.92. The largest absolute Gasteiger partial charge is 0.380 e. The monoisotopic (exact) mass is 340 g/mol. The fourth-order valence-corrected chi connectivity index (χ4v) is 2.90. The Hall–Kier alpha value is -2.02. The number of sulfone groups is 1. The molecule has 0 amide bonds. The summed E-state index contributed by atoms with van der Waals surface area (Å²) in [6.07, 6.45) is 1.36. The maximum atomic E-state index is 13.5. The van der Waals surface area contributed by atoms with E-state index >= 15 is 0 Å². The van der Waals surface area contributed by atoms with Crippen LogP contribution in [0.15, 0.2) is 41.6 Å². The quantitative estimate of drug-likeness (QED) is 0.925. The Balaban J connectivity index is 2.14. The Morgan fingerprint density at radius 2 is 1.83 bits per heavy atom. The number of hydrogen-bond donors (Lipinski definition) is 1. The van der Waals surface area contributed by atoms with Crippen LogP contribution in [0.1, 0.15) is 26.3 Å². The summed E-state index contributed by atoms with van der Waals surface area (Å²) in [6.45, 7) is 4.87. The first-order chi connectivity index (χ1) is 10.6. The van der Waals surface area contributed by atoms with E-state index in [9.17, 15) is 17.2 Å². The van der Waals surface area contributed by atoms with Crippen LogP contribution in [-0.4, -0.2) is 18.1 Å². The third-order valence-electron chi connectivity index (χ3n) is 3.31. The van der Waals surface area contributed by atoms with E-state index in [-0.39, 0.29) is 17.1 Å². The first-order valence-electron chi connectivity index (χ1n) is 7.00. The van der Waals surface area contributed by atoms with Crippen molar-refractivity contribution < 1.29 is 17.2 Å². The number of nitrogens with one attached hydrogen (secondary N) is 1. The minimum Gasteiger partial charge on any atom is -0.380 e.